The fourth-order valence-corrected chi connectivity index (χ4v) is 2.71. The van der Waals surface area contributed by atoms with Crippen LogP contribution in [0, 0.1) is 0 Å². The summed E-state index contributed by atoms with van der Waals surface area (Å²) in [6, 6.07) is 11.2. The molecule has 136 valence electrons. The second-order valence-electron chi connectivity index (χ2n) is 5.84. The van der Waals surface area contributed by atoms with E-state index in [-0.39, 0.29) is 11.7 Å². The number of furan rings is 1. The Morgan fingerprint density at radius 2 is 2.08 bits per heavy atom. The van der Waals surface area contributed by atoms with Crippen LogP contribution in [-0.4, -0.2) is 24.6 Å². The zero-order valence-electron chi connectivity index (χ0n) is 15.0. The van der Waals surface area contributed by atoms with E-state index in [1.165, 1.54) is 0 Å². The van der Waals surface area contributed by atoms with Crippen LogP contribution >= 0.6 is 0 Å². The van der Waals surface area contributed by atoms with Gasteiger partial charge >= 0.3 is 0 Å². The lowest BCUT2D eigenvalue weighted by Gasteiger charge is -2.10. The zero-order chi connectivity index (χ0) is 18.4. The molecule has 3 aromatic rings. The van der Waals surface area contributed by atoms with Crippen molar-refractivity contribution in [2.24, 2.45) is 0 Å². The molecule has 0 bridgehead atoms. The van der Waals surface area contributed by atoms with Crippen LogP contribution < -0.4 is 10.1 Å². The molecule has 2 heterocycles. The smallest absolute Gasteiger partial charge is 0.287 e. The predicted octanol–water partition coefficient (Wildman–Crippen LogP) is 3.69. The number of fused-ring (bicyclic) bond motifs is 1. The van der Waals surface area contributed by atoms with E-state index in [2.05, 4.69) is 10.3 Å². The Hall–Kier alpha value is -2.86. The first kappa shape index (κ1) is 17.9. The van der Waals surface area contributed by atoms with E-state index in [4.69, 9.17) is 13.9 Å². The van der Waals surface area contributed by atoms with Gasteiger partial charge in [0.2, 0.25) is 5.88 Å². The van der Waals surface area contributed by atoms with E-state index in [0.29, 0.717) is 31.2 Å². The molecule has 0 aliphatic heterocycles. The molecule has 0 spiro atoms. The standard InChI is InChI=1S/C20H22N2O4/c1-3-11-25-20-14(7-6-10-21-20)12-22-19(23)18-16(13-24-2)15-8-4-5-9-17(15)26-18/h4-10H,3,11-13H2,1-2H3,(H,22,23). The number of hydrogen-bond acceptors (Lipinski definition) is 5. The van der Waals surface area contributed by atoms with Gasteiger partial charge in [0.15, 0.2) is 5.76 Å². The van der Waals surface area contributed by atoms with Crippen molar-refractivity contribution < 1.29 is 18.7 Å². The molecule has 1 N–H and O–H groups in total. The van der Waals surface area contributed by atoms with Crippen molar-refractivity contribution in [1.29, 1.82) is 0 Å². The molecule has 0 atom stereocenters. The first-order chi connectivity index (χ1) is 12.7. The number of amides is 1. The Bertz CT molecular complexity index is 888. The van der Waals surface area contributed by atoms with Crippen molar-refractivity contribution in [2.45, 2.75) is 26.5 Å². The Morgan fingerprint density at radius 1 is 1.23 bits per heavy atom. The second kappa shape index (κ2) is 8.49. The van der Waals surface area contributed by atoms with E-state index in [1.54, 1.807) is 13.3 Å². The molecule has 0 saturated heterocycles. The van der Waals surface area contributed by atoms with Crippen LogP contribution in [0.15, 0.2) is 47.0 Å². The highest BCUT2D eigenvalue weighted by Crippen LogP contribution is 2.26. The highest BCUT2D eigenvalue weighted by molar-refractivity contribution is 5.99. The quantitative estimate of drug-likeness (QED) is 0.668. The van der Waals surface area contributed by atoms with Gasteiger partial charge in [-0.3, -0.25) is 4.79 Å². The molecule has 2 aromatic heterocycles. The summed E-state index contributed by atoms with van der Waals surface area (Å²) < 4.78 is 16.6. The minimum Gasteiger partial charge on any atom is -0.477 e. The summed E-state index contributed by atoms with van der Waals surface area (Å²) in [5, 5.41) is 3.77. The van der Waals surface area contributed by atoms with Gasteiger partial charge in [0.25, 0.3) is 5.91 Å². The fourth-order valence-electron chi connectivity index (χ4n) is 2.71. The molecular weight excluding hydrogens is 332 g/mol. The lowest BCUT2D eigenvalue weighted by molar-refractivity contribution is 0.0918. The van der Waals surface area contributed by atoms with Crippen molar-refractivity contribution in [3.05, 3.63) is 59.5 Å². The molecule has 0 unspecified atom stereocenters. The van der Waals surface area contributed by atoms with E-state index < -0.39 is 0 Å². The summed E-state index contributed by atoms with van der Waals surface area (Å²) in [4.78, 5) is 16.9. The third-order valence-electron chi connectivity index (χ3n) is 3.93. The number of rotatable bonds is 8. The minimum absolute atomic E-state index is 0.271. The highest BCUT2D eigenvalue weighted by atomic mass is 16.5. The fraction of sp³-hybridized carbons (Fsp3) is 0.300. The zero-order valence-corrected chi connectivity index (χ0v) is 15.0. The monoisotopic (exact) mass is 354 g/mol. The number of nitrogens with one attached hydrogen (secondary N) is 1. The Kier molecular flexibility index (Phi) is 5.86. The largest absolute Gasteiger partial charge is 0.477 e. The number of ether oxygens (including phenoxy) is 2. The maximum Gasteiger partial charge on any atom is 0.287 e. The van der Waals surface area contributed by atoms with E-state index in [9.17, 15) is 4.79 Å². The molecule has 0 fully saturated rings. The van der Waals surface area contributed by atoms with Gasteiger partial charge in [-0.2, -0.15) is 0 Å². The number of carbonyl (C=O) groups excluding carboxylic acids is 1. The van der Waals surface area contributed by atoms with Crippen LogP contribution in [0.25, 0.3) is 11.0 Å². The van der Waals surface area contributed by atoms with Gasteiger partial charge in [0.1, 0.15) is 5.58 Å². The molecule has 0 saturated carbocycles. The van der Waals surface area contributed by atoms with Gasteiger partial charge in [-0.25, -0.2) is 4.98 Å². The SMILES string of the molecule is CCCOc1ncccc1CNC(=O)c1oc2ccccc2c1COC. The number of pyridine rings is 1. The number of nitrogens with zero attached hydrogens (tertiary/aromatic N) is 1. The maximum atomic E-state index is 12.7. The topological polar surface area (TPSA) is 73.6 Å². The molecular formula is C20H22N2O4. The van der Waals surface area contributed by atoms with Crippen molar-refractivity contribution >= 4 is 16.9 Å². The molecule has 1 amide bonds. The van der Waals surface area contributed by atoms with Crippen LogP contribution in [0.5, 0.6) is 5.88 Å². The number of methoxy groups -OCH3 is 1. The number of aromatic nitrogens is 1. The van der Waals surface area contributed by atoms with Gasteiger partial charge in [0.05, 0.1) is 13.2 Å². The van der Waals surface area contributed by atoms with Crippen LogP contribution in [-0.2, 0) is 17.9 Å². The number of benzene rings is 1. The van der Waals surface area contributed by atoms with Crippen molar-refractivity contribution in [3.63, 3.8) is 0 Å². The highest BCUT2D eigenvalue weighted by Gasteiger charge is 2.20. The number of para-hydroxylation sites is 1. The summed E-state index contributed by atoms with van der Waals surface area (Å²) >= 11 is 0. The van der Waals surface area contributed by atoms with Gasteiger partial charge < -0.3 is 19.2 Å². The lowest BCUT2D eigenvalue weighted by atomic mass is 10.1. The Labute approximate surface area is 152 Å². The van der Waals surface area contributed by atoms with Crippen LogP contribution in [0.4, 0.5) is 0 Å². The van der Waals surface area contributed by atoms with Crippen molar-refractivity contribution in [2.75, 3.05) is 13.7 Å². The van der Waals surface area contributed by atoms with Crippen LogP contribution in [0.3, 0.4) is 0 Å². The van der Waals surface area contributed by atoms with Gasteiger partial charge in [-0.15, -0.1) is 0 Å². The Morgan fingerprint density at radius 3 is 2.88 bits per heavy atom. The van der Waals surface area contributed by atoms with Crippen molar-refractivity contribution in [3.8, 4) is 5.88 Å². The molecule has 1 aromatic carbocycles. The van der Waals surface area contributed by atoms with Gasteiger partial charge in [-0.1, -0.05) is 31.2 Å². The maximum absolute atomic E-state index is 12.7. The Balaban J connectivity index is 1.79. The summed E-state index contributed by atoms with van der Waals surface area (Å²) in [6.07, 6.45) is 2.56. The third-order valence-corrected chi connectivity index (χ3v) is 3.93. The summed E-state index contributed by atoms with van der Waals surface area (Å²) in [7, 11) is 1.59. The number of hydrogen-bond donors (Lipinski definition) is 1. The molecule has 0 aliphatic rings. The van der Waals surface area contributed by atoms with Crippen LogP contribution in [0.2, 0.25) is 0 Å². The first-order valence-electron chi connectivity index (χ1n) is 8.58. The first-order valence-corrected chi connectivity index (χ1v) is 8.58. The average Bonchev–Trinajstić information content (AvgIpc) is 3.04. The van der Waals surface area contributed by atoms with Crippen LogP contribution in [0.1, 0.15) is 35.0 Å². The lowest BCUT2D eigenvalue weighted by Crippen LogP contribution is -2.24. The predicted molar refractivity (Wildman–Crippen MR) is 98.1 cm³/mol. The minimum atomic E-state index is -0.293. The summed E-state index contributed by atoms with van der Waals surface area (Å²) in [6.45, 7) is 3.22. The molecule has 6 nitrogen and oxygen atoms in total. The molecule has 3 rings (SSSR count). The van der Waals surface area contributed by atoms with Crippen molar-refractivity contribution in [1.82, 2.24) is 10.3 Å². The van der Waals surface area contributed by atoms with Gasteiger partial charge in [-0.05, 0) is 18.6 Å². The average molecular weight is 354 g/mol. The normalized spacial score (nSPS) is 10.8. The molecule has 6 heteroatoms. The van der Waals surface area contributed by atoms with E-state index in [0.717, 1.165) is 22.9 Å². The molecule has 26 heavy (non-hydrogen) atoms. The van der Waals surface area contributed by atoms with Gasteiger partial charge in [0, 0.05) is 36.4 Å². The van der Waals surface area contributed by atoms with E-state index in [1.807, 2.05) is 43.3 Å². The summed E-state index contributed by atoms with van der Waals surface area (Å²) in [5.41, 5.74) is 2.23. The summed E-state index contributed by atoms with van der Waals surface area (Å²) in [5.74, 6) is 0.517. The third kappa shape index (κ3) is 3.86. The van der Waals surface area contributed by atoms with E-state index >= 15 is 0 Å². The molecule has 0 radical (unpaired) electrons. The number of carbonyl (C=O) groups is 1. The second-order valence-corrected chi connectivity index (χ2v) is 5.84. The molecule has 0 aliphatic carbocycles.